The van der Waals surface area contributed by atoms with E-state index in [9.17, 15) is 4.79 Å². The van der Waals surface area contributed by atoms with Crippen molar-refractivity contribution in [2.75, 3.05) is 46.4 Å². The van der Waals surface area contributed by atoms with E-state index in [0.29, 0.717) is 13.2 Å². The number of nitrogens with one attached hydrogen (secondary N) is 2. The molecule has 2 N–H and O–H groups in total. The van der Waals surface area contributed by atoms with Crippen molar-refractivity contribution in [1.82, 2.24) is 15.5 Å². The Morgan fingerprint density at radius 3 is 2.76 bits per heavy atom. The fourth-order valence-electron chi connectivity index (χ4n) is 4.02. The normalized spacial score (nSPS) is 20.5. The standard InChI is InChI=1S/C20H31N3O2/c1-25-16-20(7-9-21-10-8-20)15-22-19(24)18-6-4-5-17(13-18)14-23-11-2-3-12-23/h4-6,13,21H,2-3,7-12,14-16H2,1H3,(H,22,24). The molecule has 0 atom stereocenters. The van der Waals surface area contributed by atoms with Gasteiger partial charge in [-0.2, -0.15) is 0 Å². The molecule has 1 aromatic carbocycles. The van der Waals surface area contributed by atoms with E-state index in [1.807, 2.05) is 18.2 Å². The van der Waals surface area contributed by atoms with E-state index in [-0.39, 0.29) is 11.3 Å². The van der Waals surface area contributed by atoms with Crippen molar-refractivity contribution in [2.45, 2.75) is 32.2 Å². The monoisotopic (exact) mass is 345 g/mol. The lowest BCUT2D eigenvalue weighted by atomic mass is 9.79. The van der Waals surface area contributed by atoms with E-state index in [4.69, 9.17) is 4.74 Å². The van der Waals surface area contributed by atoms with Crippen molar-refractivity contribution in [1.29, 1.82) is 0 Å². The molecule has 25 heavy (non-hydrogen) atoms. The Balaban J connectivity index is 1.58. The Kier molecular flexibility index (Phi) is 6.45. The van der Waals surface area contributed by atoms with Crippen LogP contribution in [-0.2, 0) is 11.3 Å². The molecule has 1 amide bonds. The van der Waals surface area contributed by atoms with Crippen molar-refractivity contribution in [3.05, 3.63) is 35.4 Å². The predicted octanol–water partition coefficient (Wildman–Crippen LogP) is 2.03. The molecule has 2 saturated heterocycles. The second-order valence-corrected chi connectivity index (χ2v) is 7.55. The largest absolute Gasteiger partial charge is 0.384 e. The zero-order valence-corrected chi connectivity index (χ0v) is 15.4. The van der Waals surface area contributed by atoms with Crippen LogP contribution in [0.1, 0.15) is 41.6 Å². The quantitative estimate of drug-likeness (QED) is 0.794. The summed E-state index contributed by atoms with van der Waals surface area (Å²) >= 11 is 0. The highest BCUT2D eigenvalue weighted by Gasteiger charge is 2.32. The third-order valence-corrected chi connectivity index (χ3v) is 5.53. The first-order valence-electron chi connectivity index (χ1n) is 9.50. The number of nitrogens with zero attached hydrogens (tertiary/aromatic N) is 1. The Hall–Kier alpha value is -1.43. The Bertz CT molecular complexity index is 558. The fraction of sp³-hybridized carbons (Fsp3) is 0.650. The summed E-state index contributed by atoms with van der Waals surface area (Å²) < 4.78 is 5.43. The highest BCUT2D eigenvalue weighted by atomic mass is 16.5. The second kappa shape index (κ2) is 8.79. The molecular weight excluding hydrogens is 314 g/mol. The molecule has 0 spiro atoms. The first-order chi connectivity index (χ1) is 12.2. The number of piperidine rings is 1. The molecular formula is C20H31N3O2. The number of amides is 1. The summed E-state index contributed by atoms with van der Waals surface area (Å²) in [5, 5.41) is 6.54. The SMILES string of the molecule is COCC1(CNC(=O)c2cccc(CN3CCCC3)c2)CCNCC1. The fourth-order valence-corrected chi connectivity index (χ4v) is 4.02. The van der Waals surface area contributed by atoms with Gasteiger partial charge in [-0.3, -0.25) is 9.69 Å². The molecule has 0 aromatic heterocycles. The van der Waals surface area contributed by atoms with E-state index in [1.54, 1.807) is 7.11 Å². The highest BCUT2D eigenvalue weighted by Crippen LogP contribution is 2.28. The van der Waals surface area contributed by atoms with Crippen molar-refractivity contribution in [3.63, 3.8) is 0 Å². The van der Waals surface area contributed by atoms with Gasteiger partial charge < -0.3 is 15.4 Å². The highest BCUT2D eigenvalue weighted by molar-refractivity contribution is 5.94. The van der Waals surface area contributed by atoms with Crippen molar-refractivity contribution in [3.8, 4) is 0 Å². The zero-order chi connectivity index (χ0) is 17.5. The maximum atomic E-state index is 12.6. The Morgan fingerprint density at radius 2 is 2.04 bits per heavy atom. The molecule has 2 aliphatic rings. The molecule has 2 fully saturated rings. The molecule has 0 aliphatic carbocycles. The van der Waals surface area contributed by atoms with Crippen LogP contribution in [0, 0.1) is 5.41 Å². The molecule has 0 saturated carbocycles. The van der Waals surface area contributed by atoms with Crippen LogP contribution in [0.25, 0.3) is 0 Å². The summed E-state index contributed by atoms with van der Waals surface area (Å²) in [5.41, 5.74) is 2.05. The smallest absolute Gasteiger partial charge is 0.251 e. The first kappa shape index (κ1) is 18.4. The first-order valence-corrected chi connectivity index (χ1v) is 9.50. The number of likely N-dealkylation sites (tertiary alicyclic amines) is 1. The van der Waals surface area contributed by atoms with Gasteiger partial charge in [0.1, 0.15) is 0 Å². The minimum absolute atomic E-state index is 0.0253. The zero-order valence-electron chi connectivity index (χ0n) is 15.4. The molecule has 0 bridgehead atoms. The van der Waals surface area contributed by atoms with Gasteiger partial charge >= 0.3 is 0 Å². The van der Waals surface area contributed by atoms with E-state index in [1.165, 1.54) is 31.5 Å². The maximum Gasteiger partial charge on any atom is 0.251 e. The minimum Gasteiger partial charge on any atom is -0.384 e. The van der Waals surface area contributed by atoms with Crippen LogP contribution in [0.15, 0.2) is 24.3 Å². The van der Waals surface area contributed by atoms with Crippen LogP contribution < -0.4 is 10.6 Å². The van der Waals surface area contributed by atoms with Crippen LogP contribution in [0.3, 0.4) is 0 Å². The number of hydrogen-bond donors (Lipinski definition) is 2. The van der Waals surface area contributed by atoms with Crippen LogP contribution in [0.4, 0.5) is 0 Å². The van der Waals surface area contributed by atoms with E-state index in [0.717, 1.165) is 38.0 Å². The topological polar surface area (TPSA) is 53.6 Å². The number of benzene rings is 1. The summed E-state index contributed by atoms with van der Waals surface area (Å²) in [4.78, 5) is 15.1. The molecule has 3 rings (SSSR count). The lowest BCUT2D eigenvalue weighted by molar-refractivity contribution is 0.0511. The van der Waals surface area contributed by atoms with Crippen LogP contribution in [0.2, 0.25) is 0 Å². The average molecular weight is 345 g/mol. The van der Waals surface area contributed by atoms with Gasteiger partial charge in [-0.15, -0.1) is 0 Å². The van der Waals surface area contributed by atoms with E-state index >= 15 is 0 Å². The van der Waals surface area contributed by atoms with E-state index in [2.05, 4.69) is 21.6 Å². The lowest BCUT2D eigenvalue weighted by Gasteiger charge is -2.37. The summed E-state index contributed by atoms with van der Waals surface area (Å²) in [7, 11) is 1.74. The predicted molar refractivity (Wildman–Crippen MR) is 99.7 cm³/mol. The second-order valence-electron chi connectivity index (χ2n) is 7.55. The van der Waals surface area contributed by atoms with Crippen molar-refractivity contribution in [2.24, 2.45) is 5.41 Å². The van der Waals surface area contributed by atoms with Crippen molar-refractivity contribution < 1.29 is 9.53 Å². The molecule has 5 heteroatoms. The van der Waals surface area contributed by atoms with Gasteiger partial charge in [-0.05, 0) is 69.6 Å². The average Bonchev–Trinajstić information content (AvgIpc) is 3.14. The van der Waals surface area contributed by atoms with Gasteiger partial charge in [0.05, 0.1) is 6.61 Å². The number of hydrogen-bond acceptors (Lipinski definition) is 4. The number of ether oxygens (including phenoxy) is 1. The van der Waals surface area contributed by atoms with Crippen LogP contribution in [-0.4, -0.2) is 57.2 Å². The lowest BCUT2D eigenvalue weighted by Crippen LogP contribution is -2.47. The van der Waals surface area contributed by atoms with Crippen LogP contribution in [0.5, 0.6) is 0 Å². The number of methoxy groups -OCH3 is 1. The summed E-state index contributed by atoms with van der Waals surface area (Å²) in [6, 6.07) is 8.07. The molecule has 5 nitrogen and oxygen atoms in total. The van der Waals surface area contributed by atoms with Crippen LogP contribution >= 0.6 is 0 Å². The summed E-state index contributed by atoms with van der Waals surface area (Å²) in [6.07, 6.45) is 4.65. The van der Waals surface area contributed by atoms with Gasteiger partial charge in [0.2, 0.25) is 0 Å². The molecule has 2 heterocycles. The molecule has 0 unspecified atom stereocenters. The molecule has 2 aliphatic heterocycles. The number of rotatable bonds is 7. The molecule has 1 aromatic rings. The van der Waals surface area contributed by atoms with Gasteiger partial charge in [0, 0.05) is 31.2 Å². The summed E-state index contributed by atoms with van der Waals surface area (Å²) in [6.45, 7) is 6.64. The van der Waals surface area contributed by atoms with Gasteiger partial charge in [0.25, 0.3) is 5.91 Å². The molecule has 138 valence electrons. The third kappa shape index (κ3) is 5.03. The molecule has 0 radical (unpaired) electrons. The minimum atomic E-state index is 0.0253. The van der Waals surface area contributed by atoms with Gasteiger partial charge in [-0.25, -0.2) is 0 Å². The maximum absolute atomic E-state index is 12.6. The van der Waals surface area contributed by atoms with Gasteiger partial charge in [-0.1, -0.05) is 12.1 Å². The Morgan fingerprint density at radius 1 is 1.28 bits per heavy atom. The third-order valence-electron chi connectivity index (χ3n) is 5.53. The number of carbonyl (C=O) groups is 1. The van der Waals surface area contributed by atoms with Gasteiger partial charge in [0.15, 0.2) is 0 Å². The summed E-state index contributed by atoms with van der Waals surface area (Å²) in [5.74, 6) is 0.0253. The van der Waals surface area contributed by atoms with Crippen molar-refractivity contribution >= 4 is 5.91 Å². The van der Waals surface area contributed by atoms with E-state index < -0.39 is 0 Å². The Labute approximate surface area is 151 Å². The number of carbonyl (C=O) groups excluding carboxylic acids is 1.